The number of rotatable bonds is 3. The minimum absolute atomic E-state index is 0.112. The van der Waals surface area contributed by atoms with Crippen molar-refractivity contribution < 1.29 is 9.18 Å². The first-order valence-corrected chi connectivity index (χ1v) is 7.41. The van der Waals surface area contributed by atoms with Crippen LogP contribution in [0, 0.1) is 11.7 Å². The minimum atomic E-state index is -0.404. The highest BCUT2D eigenvalue weighted by molar-refractivity contribution is 9.10. The standard InChI is InChI=1S/C14H15BrClFO/c15-12-6-10(16)7-13(17)11(12)8-14(18)9-4-2-1-3-5-9/h6-7,9H,1-5,8H2. The van der Waals surface area contributed by atoms with Gasteiger partial charge in [0.2, 0.25) is 0 Å². The van der Waals surface area contributed by atoms with Crippen molar-refractivity contribution in [3.05, 3.63) is 33.0 Å². The molecule has 0 saturated heterocycles. The number of Topliss-reactive ketones (excluding diaryl/α,β-unsaturated/α-hetero) is 1. The van der Waals surface area contributed by atoms with E-state index in [4.69, 9.17) is 11.6 Å². The van der Waals surface area contributed by atoms with Crippen LogP contribution in [-0.4, -0.2) is 5.78 Å². The van der Waals surface area contributed by atoms with Gasteiger partial charge in [0.15, 0.2) is 0 Å². The molecule has 1 saturated carbocycles. The number of halogens is 3. The van der Waals surface area contributed by atoms with E-state index in [0.29, 0.717) is 15.1 Å². The zero-order valence-electron chi connectivity index (χ0n) is 10.0. The van der Waals surface area contributed by atoms with Crippen LogP contribution in [0.1, 0.15) is 37.7 Å². The summed E-state index contributed by atoms with van der Waals surface area (Å²) in [6.45, 7) is 0. The van der Waals surface area contributed by atoms with Crippen LogP contribution in [0.25, 0.3) is 0 Å². The fraction of sp³-hybridized carbons (Fsp3) is 0.500. The number of benzene rings is 1. The van der Waals surface area contributed by atoms with Crippen LogP contribution in [-0.2, 0) is 11.2 Å². The van der Waals surface area contributed by atoms with Crippen LogP contribution < -0.4 is 0 Å². The summed E-state index contributed by atoms with van der Waals surface area (Å²) in [6, 6.07) is 2.89. The van der Waals surface area contributed by atoms with Crippen LogP contribution in [0.3, 0.4) is 0 Å². The Hall–Kier alpha value is -0.410. The first-order valence-electron chi connectivity index (χ1n) is 6.24. The molecule has 0 bridgehead atoms. The largest absolute Gasteiger partial charge is 0.299 e. The van der Waals surface area contributed by atoms with Gasteiger partial charge in [0.1, 0.15) is 11.6 Å². The predicted octanol–water partition coefficient (Wildman–Crippen LogP) is 4.93. The van der Waals surface area contributed by atoms with Gasteiger partial charge in [-0.3, -0.25) is 4.79 Å². The van der Waals surface area contributed by atoms with E-state index >= 15 is 0 Å². The summed E-state index contributed by atoms with van der Waals surface area (Å²) in [6.07, 6.45) is 5.50. The maximum absolute atomic E-state index is 13.8. The van der Waals surface area contributed by atoms with Gasteiger partial charge < -0.3 is 0 Å². The van der Waals surface area contributed by atoms with Crippen LogP contribution in [0.2, 0.25) is 5.02 Å². The predicted molar refractivity (Wildman–Crippen MR) is 74.4 cm³/mol. The summed E-state index contributed by atoms with van der Waals surface area (Å²) in [5.41, 5.74) is 0.426. The van der Waals surface area contributed by atoms with E-state index in [9.17, 15) is 9.18 Å². The van der Waals surface area contributed by atoms with Gasteiger partial charge in [-0.15, -0.1) is 0 Å². The Morgan fingerprint density at radius 2 is 2.00 bits per heavy atom. The Bertz CT molecular complexity index is 432. The van der Waals surface area contributed by atoms with E-state index in [2.05, 4.69) is 15.9 Å². The number of ketones is 1. The van der Waals surface area contributed by atoms with Crippen molar-refractivity contribution in [1.29, 1.82) is 0 Å². The zero-order chi connectivity index (χ0) is 13.1. The van der Waals surface area contributed by atoms with Crippen LogP contribution >= 0.6 is 27.5 Å². The zero-order valence-corrected chi connectivity index (χ0v) is 12.4. The van der Waals surface area contributed by atoms with Crippen molar-refractivity contribution in [2.45, 2.75) is 38.5 Å². The summed E-state index contributed by atoms with van der Waals surface area (Å²) < 4.78 is 14.4. The molecule has 0 N–H and O–H groups in total. The first-order chi connectivity index (χ1) is 8.58. The van der Waals surface area contributed by atoms with E-state index in [1.807, 2.05) is 0 Å². The van der Waals surface area contributed by atoms with Gasteiger partial charge in [0, 0.05) is 27.4 Å². The monoisotopic (exact) mass is 332 g/mol. The highest BCUT2D eigenvalue weighted by Crippen LogP contribution is 2.29. The number of carbonyl (C=O) groups excluding carboxylic acids is 1. The molecule has 1 aliphatic carbocycles. The number of carbonyl (C=O) groups is 1. The van der Waals surface area contributed by atoms with Gasteiger partial charge in [-0.25, -0.2) is 4.39 Å². The molecule has 2 rings (SSSR count). The van der Waals surface area contributed by atoms with Crippen LogP contribution in [0.4, 0.5) is 4.39 Å². The van der Waals surface area contributed by atoms with Crippen molar-refractivity contribution in [1.82, 2.24) is 0 Å². The summed E-state index contributed by atoms with van der Waals surface area (Å²) in [4.78, 5) is 12.1. The van der Waals surface area contributed by atoms with Gasteiger partial charge >= 0.3 is 0 Å². The van der Waals surface area contributed by atoms with Crippen molar-refractivity contribution in [2.24, 2.45) is 5.92 Å². The van der Waals surface area contributed by atoms with Crippen molar-refractivity contribution in [3.63, 3.8) is 0 Å². The lowest BCUT2D eigenvalue weighted by Crippen LogP contribution is -2.20. The Balaban J connectivity index is 2.11. The van der Waals surface area contributed by atoms with Gasteiger partial charge in [-0.1, -0.05) is 46.8 Å². The van der Waals surface area contributed by atoms with E-state index in [-0.39, 0.29) is 18.1 Å². The maximum atomic E-state index is 13.8. The molecule has 0 heterocycles. The summed E-state index contributed by atoms with van der Waals surface area (Å²) in [5, 5.41) is 0.341. The topological polar surface area (TPSA) is 17.1 Å². The normalized spacial score (nSPS) is 16.8. The summed E-state index contributed by atoms with van der Waals surface area (Å²) >= 11 is 9.03. The van der Waals surface area contributed by atoms with Gasteiger partial charge in [0.05, 0.1) is 0 Å². The average molecular weight is 334 g/mol. The van der Waals surface area contributed by atoms with E-state index in [1.165, 1.54) is 12.5 Å². The molecule has 1 aromatic rings. The molecule has 1 aromatic carbocycles. The molecule has 18 heavy (non-hydrogen) atoms. The van der Waals surface area contributed by atoms with Crippen molar-refractivity contribution in [3.8, 4) is 0 Å². The van der Waals surface area contributed by atoms with E-state index in [0.717, 1.165) is 25.7 Å². The van der Waals surface area contributed by atoms with E-state index < -0.39 is 5.82 Å². The average Bonchev–Trinajstić information content (AvgIpc) is 2.34. The Kier molecular flexibility index (Phi) is 4.79. The molecule has 98 valence electrons. The second-order valence-corrected chi connectivity index (χ2v) is 6.12. The number of hydrogen-bond donors (Lipinski definition) is 0. The molecular formula is C14H15BrClFO. The first kappa shape index (κ1) is 14.0. The molecule has 1 fully saturated rings. The Morgan fingerprint density at radius 1 is 1.33 bits per heavy atom. The molecular weight excluding hydrogens is 319 g/mol. The van der Waals surface area contributed by atoms with Gasteiger partial charge in [0.25, 0.3) is 0 Å². The third kappa shape index (κ3) is 3.33. The second kappa shape index (κ2) is 6.16. The maximum Gasteiger partial charge on any atom is 0.140 e. The molecule has 0 aromatic heterocycles. The van der Waals surface area contributed by atoms with Crippen molar-refractivity contribution >= 4 is 33.3 Å². The lowest BCUT2D eigenvalue weighted by molar-refractivity contribution is -0.123. The fourth-order valence-electron chi connectivity index (χ4n) is 2.48. The molecule has 4 heteroatoms. The smallest absolute Gasteiger partial charge is 0.140 e. The highest BCUT2D eigenvalue weighted by Gasteiger charge is 2.23. The minimum Gasteiger partial charge on any atom is -0.299 e. The summed E-state index contributed by atoms with van der Waals surface area (Å²) in [7, 11) is 0. The van der Waals surface area contributed by atoms with E-state index in [1.54, 1.807) is 6.07 Å². The van der Waals surface area contributed by atoms with Crippen LogP contribution in [0.15, 0.2) is 16.6 Å². The molecule has 0 aliphatic heterocycles. The Morgan fingerprint density at radius 3 is 2.61 bits per heavy atom. The third-order valence-electron chi connectivity index (χ3n) is 3.52. The number of hydrogen-bond acceptors (Lipinski definition) is 1. The van der Waals surface area contributed by atoms with Gasteiger partial charge in [-0.2, -0.15) is 0 Å². The third-order valence-corrected chi connectivity index (χ3v) is 4.44. The lowest BCUT2D eigenvalue weighted by Gasteiger charge is -2.20. The lowest BCUT2D eigenvalue weighted by atomic mass is 9.84. The van der Waals surface area contributed by atoms with Gasteiger partial charge in [-0.05, 0) is 25.0 Å². The molecule has 0 spiro atoms. The summed E-state index contributed by atoms with van der Waals surface area (Å²) in [5.74, 6) is -0.143. The highest BCUT2D eigenvalue weighted by atomic mass is 79.9. The molecule has 0 amide bonds. The molecule has 1 nitrogen and oxygen atoms in total. The van der Waals surface area contributed by atoms with Crippen molar-refractivity contribution in [2.75, 3.05) is 0 Å². The SMILES string of the molecule is O=C(Cc1c(F)cc(Cl)cc1Br)C1CCCCC1. The molecule has 0 unspecified atom stereocenters. The molecule has 0 radical (unpaired) electrons. The Labute approximate surface area is 120 Å². The fourth-order valence-corrected chi connectivity index (χ4v) is 3.40. The molecule has 0 atom stereocenters. The molecule has 1 aliphatic rings. The quantitative estimate of drug-likeness (QED) is 0.766. The van der Waals surface area contributed by atoms with Crippen LogP contribution in [0.5, 0.6) is 0 Å². The second-order valence-electron chi connectivity index (χ2n) is 4.83.